The number of aryl methyl sites for hydroxylation is 1. The number of anilines is 3. The molecule has 0 fully saturated rings. The zero-order chi connectivity index (χ0) is 30.2. The first-order valence-corrected chi connectivity index (χ1v) is 12.7. The molecule has 3 aromatic rings. The highest BCUT2D eigenvalue weighted by molar-refractivity contribution is 6.05. The summed E-state index contributed by atoms with van der Waals surface area (Å²) < 4.78 is 51.9. The van der Waals surface area contributed by atoms with Crippen molar-refractivity contribution >= 4 is 28.7 Å². The molecule has 1 heterocycles. The molecule has 9 nitrogen and oxygen atoms in total. The molecule has 0 bridgehead atoms. The van der Waals surface area contributed by atoms with E-state index < -0.39 is 17.6 Å². The third kappa shape index (κ3) is 7.89. The number of likely N-dealkylation sites (N-methyl/N-ethyl adjacent to an activating group) is 1. The highest BCUT2D eigenvalue weighted by Crippen LogP contribution is 2.38. The van der Waals surface area contributed by atoms with E-state index >= 15 is 0 Å². The molecular formula is C29H35F3N6O3. The average Bonchev–Trinajstić information content (AvgIpc) is 2.96. The Hall–Kier alpha value is -4.29. The number of alkyl halides is 3. The van der Waals surface area contributed by atoms with Gasteiger partial charge in [0.15, 0.2) is 0 Å². The fourth-order valence-corrected chi connectivity index (χ4v) is 4.08. The first-order valence-electron chi connectivity index (χ1n) is 12.7. The summed E-state index contributed by atoms with van der Waals surface area (Å²) in [6.07, 6.45) is 0.473. The van der Waals surface area contributed by atoms with Crippen LogP contribution in [0, 0.1) is 6.92 Å². The number of hydrogen-bond acceptors (Lipinski definition) is 8. The number of nitrogens with one attached hydrogen (secondary N) is 3. The number of carbonyl (C=O) groups is 1. The van der Waals surface area contributed by atoms with Gasteiger partial charge in [0.05, 0.1) is 36.9 Å². The molecule has 3 N–H and O–H groups in total. The van der Waals surface area contributed by atoms with Crippen molar-refractivity contribution in [2.75, 3.05) is 63.7 Å². The van der Waals surface area contributed by atoms with Crippen LogP contribution in [0.2, 0.25) is 0 Å². The lowest BCUT2D eigenvalue weighted by molar-refractivity contribution is -0.137. The maximum atomic E-state index is 13.9. The molecule has 0 aliphatic rings. The van der Waals surface area contributed by atoms with Gasteiger partial charge in [-0.3, -0.25) is 14.8 Å². The van der Waals surface area contributed by atoms with Gasteiger partial charge >= 0.3 is 6.18 Å². The van der Waals surface area contributed by atoms with Crippen molar-refractivity contribution in [1.82, 2.24) is 15.7 Å². The van der Waals surface area contributed by atoms with Crippen molar-refractivity contribution in [2.24, 2.45) is 0 Å². The van der Waals surface area contributed by atoms with Gasteiger partial charge in [-0.25, -0.2) is 5.43 Å². The summed E-state index contributed by atoms with van der Waals surface area (Å²) in [7, 11) is 8.10. The number of aromatic nitrogens is 1. The Kier molecular flexibility index (Phi) is 10.6. The molecule has 0 saturated heterocycles. The summed E-state index contributed by atoms with van der Waals surface area (Å²) in [6.45, 7) is 2.43. The molecule has 0 spiro atoms. The maximum absolute atomic E-state index is 13.9. The standard InChI is InChI=1S/C29H35F3N6O3/c1-19-7-8-20(14-27(19)38(34-3)18-25(33-2)21-13-23(41-6)17-35-16-21)28(39)36-22-9-10-26(37(4)11-12-40-5)24(15-22)29(30,31)32/h7-10,13-18,33-34H,11-12H2,1-6H3,(H,36,39)/b25-18-. The van der Waals surface area contributed by atoms with Crippen LogP contribution in [0.3, 0.4) is 0 Å². The number of halogens is 3. The first kappa shape index (κ1) is 31.2. The number of pyridine rings is 1. The number of hydrazine groups is 1. The van der Waals surface area contributed by atoms with Crippen LogP contribution in [-0.2, 0) is 10.9 Å². The minimum atomic E-state index is -4.61. The molecule has 0 radical (unpaired) electrons. The zero-order valence-corrected chi connectivity index (χ0v) is 23.9. The summed E-state index contributed by atoms with van der Waals surface area (Å²) in [5.74, 6) is 0.0450. The van der Waals surface area contributed by atoms with Crippen LogP contribution in [0.15, 0.2) is 61.1 Å². The van der Waals surface area contributed by atoms with Gasteiger partial charge in [0, 0.05) is 69.7 Å². The molecule has 12 heteroatoms. The van der Waals surface area contributed by atoms with Gasteiger partial charge in [0.25, 0.3) is 5.91 Å². The monoisotopic (exact) mass is 572 g/mol. The van der Waals surface area contributed by atoms with E-state index in [-0.39, 0.29) is 30.1 Å². The van der Waals surface area contributed by atoms with Crippen molar-refractivity contribution in [3.8, 4) is 5.75 Å². The van der Waals surface area contributed by atoms with Crippen LogP contribution < -0.4 is 30.7 Å². The van der Waals surface area contributed by atoms with Crippen LogP contribution in [-0.4, -0.2) is 59.4 Å². The SMILES string of the molecule is CN/C(=C\N(NC)c1cc(C(=O)Nc2ccc(N(C)CCOC)c(C(F)(F)F)c2)ccc1C)c1cncc(OC)c1. The van der Waals surface area contributed by atoms with E-state index in [2.05, 4.69) is 21.0 Å². The maximum Gasteiger partial charge on any atom is 0.418 e. The fourth-order valence-electron chi connectivity index (χ4n) is 4.08. The minimum Gasteiger partial charge on any atom is -0.495 e. The van der Waals surface area contributed by atoms with Gasteiger partial charge in [-0.05, 0) is 48.9 Å². The predicted octanol–water partition coefficient (Wildman–Crippen LogP) is 4.91. The van der Waals surface area contributed by atoms with Crippen LogP contribution in [0.4, 0.5) is 30.2 Å². The Morgan fingerprint density at radius 2 is 1.78 bits per heavy atom. The number of rotatable bonds is 12. The normalized spacial score (nSPS) is 11.7. The van der Waals surface area contributed by atoms with Crippen molar-refractivity contribution in [2.45, 2.75) is 13.1 Å². The summed E-state index contributed by atoms with van der Waals surface area (Å²) in [5.41, 5.74) is 5.54. The quantitative estimate of drug-likeness (QED) is 0.264. The fraction of sp³-hybridized carbons (Fsp3) is 0.310. The summed E-state index contributed by atoms with van der Waals surface area (Å²) >= 11 is 0. The minimum absolute atomic E-state index is 0.00630. The molecule has 0 aliphatic carbocycles. The Labute approximate surface area is 237 Å². The van der Waals surface area contributed by atoms with E-state index in [1.54, 1.807) is 70.1 Å². The second kappa shape index (κ2) is 13.9. The highest BCUT2D eigenvalue weighted by atomic mass is 19.4. The molecule has 0 aliphatic heterocycles. The lowest BCUT2D eigenvalue weighted by Gasteiger charge is -2.24. The number of methoxy groups -OCH3 is 2. The van der Waals surface area contributed by atoms with Crippen LogP contribution >= 0.6 is 0 Å². The van der Waals surface area contributed by atoms with Crippen molar-refractivity contribution in [3.63, 3.8) is 0 Å². The molecule has 1 amide bonds. The van der Waals surface area contributed by atoms with Crippen molar-refractivity contribution < 1.29 is 27.4 Å². The predicted molar refractivity (Wildman–Crippen MR) is 155 cm³/mol. The lowest BCUT2D eigenvalue weighted by atomic mass is 10.1. The van der Waals surface area contributed by atoms with E-state index in [0.717, 1.165) is 22.9 Å². The van der Waals surface area contributed by atoms with Gasteiger partial charge in [0.1, 0.15) is 5.75 Å². The van der Waals surface area contributed by atoms with Gasteiger partial charge in [-0.1, -0.05) is 6.07 Å². The number of carbonyl (C=O) groups excluding carboxylic acids is 1. The molecule has 41 heavy (non-hydrogen) atoms. The highest BCUT2D eigenvalue weighted by Gasteiger charge is 2.35. The Bertz CT molecular complexity index is 1380. The number of nitrogens with zero attached hydrogens (tertiary/aromatic N) is 3. The molecule has 1 aromatic heterocycles. The van der Waals surface area contributed by atoms with E-state index in [4.69, 9.17) is 9.47 Å². The Morgan fingerprint density at radius 1 is 1.02 bits per heavy atom. The lowest BCUT2D eigenvalue weighted by Crippen LogP contribution is -2.31. The molecule has 0 unspecified atom stereocenters. The van der Waals surface area contributed by atoms with Crippen LogP contribution in [0.5, 0.6) is 5.75 Å². The van der Waals surface area contributed by atoms with E-state index in [0.29, 0.717) is 11.4 Å². The second-order valence-electron chi connectivity index (χ2n) is 9.10. The van der Waals surface area contributed by atoms with Gasteiger partial charge in [-0.2, -0.15) is 13.2 Å². The second-order valence-corrected chi connectivity index (χ2v) is 9.10. The molecule has 0 saturated carbocycles. The molecule has 220 valence electrons. The van der Waals surface area contributed by atoms with Crippen molar-refractivity contribution in [3.05, 3.63) is 83.3 Å². The topological polar surface area (TPSA) is 91.0 Å². The number of benzene rings is 2. The zero-order valence-electron chi connectivity index (χ0n) is 23.9. The smallest absolute Gasteiger partial charge is 0.418 e. The first-order chi connectivity index (χ1) is 19.5. The summed E-state index contributed by atoms with van der Waals surface area (Å²) in [4.78, 5) is 18.8. The third-order valence-corrected chi connectivity index (χ3v) is 6.36. The molecule has 0 atom stereocenters. The Balaban J connectivity index is 1.91. The number of amides is 1. The van der Waals surface area contributed by atoms with Gasteiger partial charge in [0.2, 0.25) is 0 Å². The molecule has 3 rings (SSSR count). The largest absolute Gasteiger partial charge is 0.495 e. The van der Waals surface area contributed by atoms with Crippen molar-refractivity contribution in [1.29, 1.82) is 0 Å². The Morgan fingerprint density at radius 3 is 2.41 bits per heavy atom. The van der Waals surface area contributed by atoms with E-state index in [9.17, 15) is 18.0 Å². The van der Waals surface area contributed by atoms with Crippen LogP contribution in [0.1, 0.15) is 27.0 Å². The van der Waals surface area contributed by atoms with Gasteiger partial charge < -0.3 is 25.0 Å². The summed E-state index contributed by atoms with van der Waals surface area (Å²) in [6, 6.07) is 10.6. The third-order valence-electron chi connectivity index (χ3n) is 6.36. The number of ether oxygens (including phenoxy) is 2. The molecule has 2 aromatic carbocycles. The number of hydrogen-bond donors (Lipinski definition) is 3. The van der Waals surface area contributed by atoms with E-state index in [1.165, 1.54) is 24.1 Å². The summed E-state index contributed by atoms with van der Waals surface area (Å²) in [5, 5.41) is 7.47. The molecular weight excluding hydrogens is 537 g/mol. The average molecular weight is 573 g/mol. The van der Waals surface area contributed by atoms with Crippen LogP contribution in [0.25, 0.3) is 5.70 Å². The van der Waals surface area contributed by atoms with Gasteiger partial charge in [-0.15, -0.1) is 0 Å². The van der Waals surface area contributed by atoms with E-state index in [1.807, 2.05) is 13.0 Å².